The summed E-state index contributed by atoms with van der Waals surface area (Å²) in [5.41, 5.74) is 5.45. The Hall–Kier alpha value is -3.21. The minimum atomic E-state index is -3.73. The third-order valence-corrected chi connectivity index (χ3v) is 6.52. The predicted molar refractivity (Wildman–Crippen MR) is 118 cm³/mol. The van der Waals surface area contributed by atoms with Gasteiger partial charge in [0.15, 0.2) is 0 Å². The molecule has 0 spiro atoms. The largest absolute Gasteiger partial charge is 0.494 e. The second-order valence-corrected chi connectivity index (χ2v) is 8.76. The number of rotatable bonds is 7. The second-order valence-electron chi connectivity index (χ2n) is 6.82. The van der Waals surface area contributed by atoms with Crippen LogP contribution in [0.2, 0.25) is 0 Å². The smallest absolute Gasteiger partial charge is 0.269 e. The van der Waals surface area contributed by atoms with Gasteiger partial charge < -0.3 is 9.47 Å². The van der Waals surface area contributed by atoms with Crippen molar-refractivity contribution in [2.75, 3.05) is 32.9 Å². The lowest BCUT2D eigenvalue weighted by Gasteiger charge is -2.26. The monoisotopic (exact) mass is 459 g/mol. The fourth-order valence-electron chi connectivity index (χ4n) is 2.98. The zero-order valence-corrected chi connectivity index (χ0v) is 18.4. The summed E-state index contributed by atoms with van der Waals surface area (Å²) in [5, 5.41) is 0. The van der Waals surface area contributed by atoms with Crippen LogP contribution in [0.3, 0.4) is 0 Å². The van der Waals surface area contributed by atoms with E-state index in [-0.39, 0.29) is 23.5 Å². The summed E-state index contributed by atoms with van der Waals surface area (Å²) in [6, 6.07) is 12.8. The van der Waals surface area contributed by atoms with Crippen molar-refractivity contribution in [2.45, 2.75) is 11.8 Å². The van der Waals surface area contributed by atoms with Crippen LogP contribution < -0.4 is 15.6 Å². The van der Waals surface area contributed by atoms with Gasteiger partial charge in [0, 0.05) is 24.7 Å². The van der Waals surface area contributed by atoms with Crippen molar-refractivity contribution in [3.8, 4) is 5.75 Å². The van der Waals surface area contributed by atoms with Gasteiger partial charge in [-0.15, -0.1) is 0 Å². The van der Waals surface area contributed by atoms with E-state index in [1.165, 1.54) is 34.6 Å². The van der Waals surface area contributed by atoms with Crippen molar-refractivity contribution < 1.29 is 27.5 Å². The highest BCUT2D eigenvalue weighted by Gasteiger charge is 2.26. The SMILES string of the molecule is CCOc1ccc(/C=C/C(=O)NNC(=O)c2cccc(S(=O)(=O)N3CCOCC3)c2)cc1. The minimum absolute atomic E-state index is 0.00812. The van der Waals surface area contributed by atoms with Crippen LogP contribution in [0, 0.1) is 0 Å². The quantitative estimate of drug-likeness (QED) is 0.480. The highest BCUT2D eigenvalue weighted by molar-refractivity contribution is 7.89. The molecule has 1 aliphatic heterocycles. The number of nitrogens with zero attached hydrogens (tertiary/aromatic N) is 1. The molecule has 0 bridgehead atoms. The fraction of sp³-hybridized carbons (Fsp3) is 0.273. The average Bonchev–Trinajstić information content (AvgIpc) is 2.83. The van der Waals surface area contributed by atoms with Crippen LogP contribution in [0.15, 0.2) is 59.5 Å². The van der Waals surface area contributed by atoms with Crippen molar-refractivity contribution in [3.63, 3.8) is 0 Å². The fourth-order valence-corrected chi connectivity index (χ4v) is 4.43. The van der Waals surface area contributed by atoms with Gasteiger partial charge in [-0.3, -0.25) is 20.4 Å². The van der Waals surface area contributed by atoms with Crippen LogP contribution in [0.25, 0.3) is 6.08 Å². The molecule has 1 fully saturated rings. The van der Waals surface area contributed by atoms with Crippen LogP contribution in [0.5, 0.6) is 5.75 Å². The maximum Gasteiger partial charge on any atom is 0.269 e. The molecule has 1 aliphatic rings. The number of morpholine rings is 1. The van der Waals surface area contributed by atoms with E-state index in [0.717, 1.165) is 11.3 Å². The molecular formula is C22H25N3O6S. The van der Waals surface area contributed by atoms with E-state index < -0.39 is 21.8 Å². The first-order valence-electron chi connectivity index (χ1n) is 10.1. The average molecular weight is 460 g/mol. The van der Waals surface area contributed by atoms with E-state index in [4.69, 9.17) is 9.47 Å². The summed E-state index contributed by atoms with van der Waals surface area (Å²) in [5.74, 6) is -0.435. The number of sulfonamides is 1. The summed E-state index contributed by atoms with van der Waals surface area (Å²) in [7, 11) is -3.73. The molecule has 2 amide bonds. The molecule has 170 valence electrons. The first-order chi connectivity index (χ1) is 15.4. The van der Waals surface area contributed by atoms with Crippen LogP contribution >= 0.6 is 0 Å². The van der Waals surface area contributed by atoms with Gasteiger partial charge in [0.2, 0.25) is 10.0 Å². The van der Waals surface area contributed by atoms with Crippen LogP contribution in [-0.4, -0.2) is 57.4 Å². The van der Waals surface area contributed by atoms with Gasteiger partial charge in [0.05, 0.1) is 24.7 Å². The Morgan fingerprint density at radius 3 is 2.50 bits per heavy atom. The van der Waals surface area contributed by atoms with Crippen LogP contribution in [0.4, 0.5) is 0 Å². The molecular weight excluding hydrogens is 434 g/mol. The molecule has 1 saturated heterocycles. The lowest BCUT2D eigenvalue weighted by molar-refractivity contribution is -0.117. The first kappa shape index (κ1) is 23.5. The highest BCUT2D eigenvalue weighted by Crippen LogP contribution is 2.18. The number of carbonyl (C=O) groups excluding carboxylic acids is 2. The summed E-state index contributed by atoms with van der Waals surface area (Å²) in [6.07, 6.45) is 2.86. The van der Waals surface area contributed by atoms with Crippen molar-refractivity contribution in [1.82, 2.24) is 15.2 Å². The number of nitrogens with one attached hydrogen (secondary N) is 2. The molecule has 2 aromatic carbocycles. The molecule has 0 radical (unpaired) electrons. The van der Waals surface area contributed by atoms with Gasteiger partial charge in [0.25, 0.3) is 11.8 Å². The lowest BCUT2D eigenvalue weighted by atomic mass is 10.2. The molecule has 0 aliphatic carbocycles. The van der Waals surface area contributed by atoms with Gasteiger partial charge in [0.1, 0.15) is 5.75 Å². The van der Waals surface area contributed by atoms with E-state index in [2.05, 4.69) is 10.9 Å². The Morgan fingerprint density at radius 2 is 1.81 bits per heavy atom. The number of hydrogen-bond donors (Lipinski definition) is 2. The third-order valence-electron chi connectivity index (χ3n) is 4.62. The van der Waals surface area contributed by atoms with E-state index >= 15 is 0 Å². The molecule has 0 unspecified atom stereocenters. The first-order valence-corrected chi connectivity index (χ1v) is 11.5. The third kappa shape index (κ3) is 6.16. The Kier molecular flexibility index (Phi) is 7.98. The number of hydrazine groups is 1. The Balaban J connectivity index is 1.57. The van der Waals surface area contributed by atoms with Crippen molar-refractivity contribution in [2.24, 2.45) is 0 Å². The van der Waals surface area contributed by atoms with Gasteiger partial charge in [-0.1, -0.05) is 18.2 Å². The Morgan fingerprint density at radius 1 is 1.09 bits per heavy atom. The standard InChI is InChI=1S/C22H25N3O6S/c1-2-31-19-9-6-17(7-10-19)8-11-21(26)23-24-22(27)18-4-3-5-20(16-18)32(28,29)25-12-14-30-15-13-25/h3-11,16H,2,12-15H2,1H3,(H,23,26)(H,24,27)/b11-8+. The van der Waals surface area contributed by atoms with E-state index in [1.54, 1.807) is 30.3 Å². The molecule has 10 heteroatoms. The molecule has 1 heterocycles. The predicted octanol–water partition coefficient (Wildman–Crippen LogP) is 1.58. The topological polar surface area (TPSA) is 114 Å². The van der Waals surface area contributed by atoms with Gasteiger partial charge in [-0.05, 0) is 48.9 Å². The van der Waals surface area contributed by atoms with E-state index in [1.807, 2.05) is 6.92 Å². The normalized spacial score (nSPS) is 14.8. The number of hydrogen-bond acceptors (Lipinski definition) is 6. The molecule has 32 heavy (non-hydrogen) atoms. The van der Waals surface area contributed by atoms with Gasteiger partial charge >= 0.3 is 0 Å². The maximum absolute atomic E-state index is 12.8. The van der Waals surface area contributed by atoms with Crippen LogP contribution in [-0.2, 0) is 19.6 Å². The van der Waals surface area contributed by atoms with E-state index in [9.17, 15) is 18.0 Å². The van der Waals surface area contributed by atoms with Gasteiger partial charge in [-0.25, -0.2) is 8.42 Å². The zero-order valence-electron chi connectivity index (χ0n) is 17.6. The van der Waals surface area contributed by atoms with Crippen LogP contribution in [0.1, 0.15) is 22.8 Å². The number of benzene rings is 2. The Labute approximate surface area is 187 Å². The molecule has 0 saturated carbocycles. The zero-order chi connectivity index (χ0) is 23.0. The Bertz CT molecular complexity index is 1080. The van der Waals surface area contributed by atoms with Crippen molar-refractivity contribution in [3.05, 3.63) is 65.7 Å². The number of carbonyl (C=O) groups is 2. The van der Waals surface area contributed by atoms with Gasteiger partial charge in [-0.2, -0.15) is 4.31 Å². The van der Waals surface area contributed by atoms with Crippen molar-refractivity contribution in [1.29, 1.82) is 0 Å². The summed E-state index contributed by atoms with van der Waals surface area (Å²) >= 11 is 0. The van der Waals surface area contributed by atoms with Crippen molar-refractivity contribution >= 4 is 27.9 Å². The highest BCUT2D eigenvalue weighted by atomic mass is 32.2. The lowest BCUT2D eigenvalue weighted by Crippen LogP contribution is -2.41. The van der Waals surface area contributed by atoms with E-state index in [0.29, 0.717) is 19.8 Å². The summed E-state index contributed by atoms with van der Waals surface area (Å²) in [4.78, 5) is 24.4. The number of amides is 2. The summed E-state index contributed by atoms with van der Waals surface area (Å²) < 4.78 is 37.4. The molecule has 9 nitrogen and oxygen atoms in total. The minimum Gasteiger partial charge on any atom is -0.494 e. The number of ether oxygens (including phenoxy) is 2. The second kappa shape index (κ2) is 10.9. The summed E-state index contributed by atoms with van der Waals surface area (Å²) in [6.45, 7) is 3.64. The maximum atomic E-state index is 12.8. The molecule has 3 rings (SSSR count). The molecule has 2 N–H and O–H groups in total. The molecule has 2 aromatic rings. The molecule has 0 aromatic heterocycles. The molecule has 0 atom stereocenters.